The van der Waals surface area contributed by atoms with Gasteiger partial charge in [-0.1, -0.05) is 0 Å². The molecule has 3 aromatic rings. The summed E-state index contributed by atoms with van der Waals surface area (Å²) in [6.45, 7) is 2.72. The molecule has 0 fully saturated rings. The first-order valence-electron chi connectivity index (χ1n) is 6.92. The Labute approximate surface area is 131 Å². The van der Waals surface area contributed by atoms with Crippen molar-refractivity contribution in [1.82, 2.24) is 19.3 Å². The van der Waals surface area contributed by atoms with Crippen LogP contribution >= 0.6 is 11.3 Å². The van der Waals surface area contributed by atoms with Gasteiger partial charge < -0.3 is 4.98 Å². The normalized spacial score (nSPS) is 16.0. The molecule has 0 saturated carbocycles. The van der Waals surface area contributed by atoms with Crippen molar-refractivity contribution in [2.45, 2.75) is 24.8 Å². The Hall–Kier alpha value is -1.77. The zero-order chi connectivity index (χ0) is 15.3. The highest BCUT2D eigenvalue weighted by atomic mass is 32.2. The molecule has 8 heteroatoms. The average Bonchev–Trinajstić information content (AvgIpc) is 3.09. The van der Waals surface area contributed by atoms with Gasteiger partial charge in [-0.25, -0.2) is 18.4 Å². The Balaban J connectivity index is 1.73. The van der Waals surface area contributed by atoms with E-state index < -0.39 is 10.0 Å². The molecule has 4 rings (SSSR count). The lowest BCUT2D eigenvalue weighted by atomic mass is 10.2. The van der Waals surface area contributed by atoms with Crippen LogP contribution in [0.2, 0.25) is 0 Å². The molecule has 0 aliphatic carbocycles. The van der Waals surface area contributed by atoms with Crippen LogP contribution in [0.1, 0.15) is 16.4 Å². The summed E-state index contributed by atoms with van der Waals surface area (Å²) in [7, 11) is -3.50. The highest BCUT2D eigenvalue weighted by Crippen LogP contribution is 2.28. The van der Waals surface area contributed by atoms with E-state index in [2.05, 4.69) is 15.0 Å². The van der Waals surface area contributed by atoms with Gasteiger partial charge in [0, 0.05) is 13.0 Å². The van der Waals surface area contributed by atoms with E-state index in [1.165, 1.54) is 15.6 Å². The first-order chi connectivity index (χ1) is 10.5. The number of hydrogen-bond donors (Lipinski definition) is 1. The number of nitrogens with one attached hydrogen (secondary N) is 1. The Morgan fingerprint density at radius 2 is 2.23 bits per heavy atom. The molecule has 1 aliphatic heterocycles. The fourth-order valence-electron chi connectivity index (χ4n) is 2.72. The van der Waals surface area contributed by atoms with Crippen LogP contribution in [0.5, 0.6) is 0 Å². The summed E-state index contributed by atoms with van der Waals surface area (Å²) >= 11 is 1.51. The fourth-order valence-corrected chi connectivity index (χ4v) is 5.10. The highest BCUT2D eigenvalue weighted by Gasteiger charge is 2.29. The van der Waals surface area contributed by atoms with Gasteiger partial charge >= 0.3 is 0 Å². The van der Waals surface area contributed by atoms with E-state index >= 15 is 0 Å². The molecular formula is C14H14N4O2S2. The fraction of sp³-hybridized carbons (Fsp3) is 0.286. The maximum Gasteiger partial charge on any atom is 0.243 e. The number of aryl methyl sites for hydroxylation is 1. The Bertz CT molecular complexity index is 958. The van der Waals surface area contributed by atoms with Gasteiger partial charge in [-0.15, -0.1) is 11.3 Å². The second-order valence-electron chi connectivity index (χ2n) is 5.28. The second-order valence-corrected chi connectivity index (χ2v) is 8.45. The van der Waals surface area contributed by atoms with E-state index in [0.717, 1.165) is 26.6 Å². The van der Waals surface area contributed by atoms with E-state index in [9.17, 15) is 8.42 Å². The average molecular weight is 334 g/mol. The van der Waals surface area contributed by atoms with E-state index in [-0.39, 0.29) is 0 Å². The van der Waals surface area contributed by atoms with Crippen LogP contribution in [0.4, 0.5) is 0 Å². The summed E-state index contributed by atoms with van der Waals surface area (Å²) in [6, 6.07) is 5.13. The minimum Gasteiger partial charge on any atom is -0.347 e. The van der Waals surface area contributed by atoms with Crippen molar-refractivity contribution in [3.8, 4) is 0 Å². The molecule has 6 nitrogen and oxygen atoms in total. The van der Waals surface area contributed by atoms with Crippen molar-refractivity contribution in [2.75, 3.05) is 6.54 Å². The summed E-state index contributed by atoms with van der Waals surface area (Å²) in [6.07, 6.45) is 2.26. The topological polar surface area (TPSA) is 79.0 Å². The smallest absolute Gasteiger partial charge is 0.243 e. The molecule has 0 saturated heterocycles. The number of rotatable bonds is 2. The maximum atomic E-state index is 12.8. The summed E-state index contributed by atoms with van der Waals surface area (Å²) in [4.78, 5) is 11.9. The number of aromatic nitrogens is 3. The van der Waals surface area contributed by atoms with Crippen LogP contribution < -0.4 is 0 Å². The Morgan fingerprint density at radius 1 is 1.36 bits per heavy atom. The largest absolute Gasteiger partial charge is 0.347 e. The van der Waals surface area contributed by atoms with Gasteiger partial charge in [-0.2, -0.15) is 4.31 Å². The third-order valence-corrected chi connectivity index (χ3v) is 6.62. The number of imidazole rings is 1. The lowest BCUT2D eigenvalue weighted by Crippen LogP contribution is -2.36. The number of thiazole rings is 1. The molecular weight excluding hydrogens is 320 g/mol. The van der Waals surface area contributed by atoms with Crippen LogP contribution in [-0.4, -0.2) is 34.2 Å². The molecule has 3 heterocycles. The quantitative estimate of drug-likeness (QED) is 0.778. The van der Waals surface area contributed by atoms with E-state index in [1.54, 1.807) is 24.5 Å². The van der Waals surface area contributed by atoms with E-state index in [0.29, 0.717) is 24.4 Å². The van der Waals surface area contributed by atoms with Gasteiger partial charge in [0.25, 0.3) is 0 Å². The molecule has 22 heavy (non-hydrogen) atoms. The van der Waals surface area contributed by atoms with Crippen molar-refractivity contribution in [2.24, 2.45) is 0 Å². The monoisotopic (exact) mass is 334 g/mol. The zero-order valence-corrected chi connectivity index (χ0v) is 13.5. The molecule has 0 amide bonds. The van der Waals surface area contributed by atoms with Crippen LogP contribution in [0.25, 0.3) is 10.2 Å². The molecule has 0 atom stereocenters. The van der Waals surface area contributed by atoms with Crippen molar-refractivity contribution in [3.63, 3.8) is 0 Å². The molecule has 0 bridgehead atoms. The first-order valence-corrected chi connectivity index (χ1v) is 9.18. The predicted octanol–water partition coefficient (Wildman–Crippen LogP) is 2.07. The third-order valence-electron chi connectivity index (χ3n) is 3.84. The molecule has 1 N–H and O–H groups in total. The number of hydrogen-bond acceptors (Lipinski definition) is 5. The summed E-state index contributed by atoms with van der Waals surface area (Å²) < 4.78 is 28.1. The predicted molar refractivity (Wildman–Crippen MR) is 84.2 cm³/mol. The van der Waals surface area contributed by atoms with Crippen LogP contribution in [0.15, 0.2) is 29.4 Å². The van der Waals surface area contributed by atoms with E-state index in [4.69, 9.17) is 0 Å². The third kappa shape index (κ3) is 2.15. The van der Waals surface area contributed by atoms with Crippen molar-refractivity contribution >= 4 is 31.6 Å². The summed E-state index contributed by atoms with van der Waals surface area (Å²) in [5, 5.41) is 0.935. The maximum absolute atomic E-state index is 12.8. The molecule has 1 aliphatic rings. The minimum atomic E-state index is -3.50. The first kappa shape index (κ1) is 13.9. The SMILES string of the molecule is Cc1nc2ccc(S(=O)(=O)N3CCc4nc[nH]c4C3)cc2s1. The molecule has 0 radical (unpaired) electrons. The van der Waals surface area contributed by atoms with Crippen molar-refractivity contribution in [3.05, 3.63) is 40.9 Å². The number of benzene rings is 1. The van der Waals surface area contributed by atoms with Crippen molar-refractivity contribution < 1.29 is 8.42 Å². The number of H-pyrrole nitrogens is 1. The van der Waals surface area contributed by atoms with Gasteiger partial charge in [0.2, 0.25) is 10.0 Å². The summed E-state index contributed by atoms with van der Waals surface area (Å²) in [5.74, 6) is 0. The van der Waals surface area contributed by atoms with Gasteiger partial charge in [-0.3, -0.25) is 0 Å². The lowest BCUT2D eigenvalue weighted by Gasteiger charge is -2.25. The molecule has 0 unspecified atom stereocenters. The van der Waals surface area contributed by atoms with Gasteiger partial charge in [0.15, 0.2) is 0 Å². The molecule has 114 valence electrons. The van der Waals surface area contributed by atoms with Crippen molar-refractivity contribution in [1.29, 1.82) is 0 Å². The number of nitrogens with zero attached hydrogens (tertiary/aromatic N) is 3. The molecule has 2 aromatic heterocycles. The second kappa shape index (κ2) is 4.87. The Kier molecular flexibility index (Phi) is 3.07. The minimum absolute atomic E-state index is 0.326. The Morgan fingerprint density at radius 3 is 3.09 bits per heavy atom. The van der Waals surface area contributed by atoms with Gasteiger partial charge in [-0.05, 0) is 25.1 Å². The highest BCUT2D eigenvalue weighted by molar-refractivity contribution is 7.89. The standard InChI is InChI=1S/C14H14N4O2S2/c1-9-17-12-3-2-10(6-14(12)21-9)22(19,20)18-5-4-11-13(7-18)16-8-15-11/h2-3,6,8H,4-5,7H2,1H3,(H,15,16). The zero-order valence-electron chi connectivity index (χ0n) is 11.9. The number of fused-ring (bicyclic) bond motifs is 2. The van der Waals surface area contributed by atoms with E-state index in [1.807, 2.05) is 6.92 Å². The summed E-state index contributed by atoms with van der Waals surface area (Å²) in [5.41, 5.74) is 2.68. The van der Waals surface area contributed by atoms with Gasteiger partial charge in [0.1, 0.15) is 0 Å². The number of sulfonamides is 1. The van der Waals surface area contributed by atoms with Crippen LogP contribution in [0.3, 0.4) is 0 Å². The lowest BCUT2D eigenvalue weighted by molar-refractivity contribution is 0.385. The molecule has 1 aromatic carbocycles. The number of aromatic amines is 1. The van der Waals surface area contributed by atoms with Crippen LogP contribution in [-0.2, 0) is 23.0 Å². The van der Waals surface area contributed by atoms with Crippen LogP contribution in [0, 0.1) is 6.92 Å². The molecule has 0 spiro atoms. The van der Waals surface area contributed by atoms with Gasteiger partial charge in [0.05, 0.1) is 44.4 Å².